The van der Waals surface area contributed by atoms with Crippen LogP contribution in [-0.4, -0.2) is 10.1 Å². The smallest absolute Gasteiger partial charge is 0.243 e. The van der Waals surface area contributed by atoms with Gasteiger partial charge in [-0.25, -0.2) is 0 Å². The molecule has 1 aliphatic carbocycles. The first-order chi connectivity index (χ1) is 7.45. The highest BCUT2D eigenvalue weighted by molar-refractivity contribution is 5.14. The molecular formula is C12H21N3O. The highest BCUT2D eigenvalue weighted by atomic mass is 16.5. The third kappa shape index (κ3) is 1.98. The zero-order valence-electron chi connectivity index (χ0n) is 10.5. The van der Waals surface area contributed by atoms with Crippen LogP contribution >= 0.6 is 0 Å². The molecule has 0 aliphatic heterocycles. The van der Waals surface area contributed by atoms with E-state index in [1.54, 1.807) is 0 Å². The van der Waals surface area contributed by atoms with E-state index >= 15 is 0 Å². The first-order valence-corrected chi connectivity index (χ1v) is 6.04. The van der Waals surface area contributed by atoms with Crippen LogP contribution in [0, 0.1) is 11.3 Å². The number of aromatic nitrogens is 2. The van der Waals surface area contributed by atoms with Crippen LogP contribution < -0.4 is 5.73 Å². The van der Waals surface area contributed by atoms with Gasteiger partial charge in [0, 0.05) is 5.92 Å². The lowest BCUT2D eigenvalue weighted by atomic mass is 10.0. The average Bonchev–Trinajstić information content (AvgIpc) is 2.68. The van der Waals surface area contributed by atoms with Crippen molar-refractivity contribution in [1.82, 2.24) is 10.1 Å². The summed E-state index contributed by atoms with van der Waals surface area (Å²) in [6.07, 6.45) is 2.17. The van der Waals surface area contributed by atoms with Crippen molar-refractivity contribution in [3.8, 4) is 0 Å². The van der Waals surface area contributed by atoms with E-state index < -0.39 is 0 Å². The van der Waals surface area contributed by atoms with Gasteiger partial charge in [-0.1, -0.05) is 39.3 Å². The molecule has 4 heteroatoms. The molecule has 0 aromatic carbocycles. The van der Waals surface area contributed by atoms with Crippen molar-refractivity contribution >= 4 is 0 Å². The summed E-state index contributed by atoms with van der Waals surface area (Å²) in [7, 11) is 0. The van der Waals surface area contributed by atoms with Crippen molar-refractivity contribution in [2.75, 3.05) is 0 Å². The molecule has 0 amide bonds. The summed E-state index contributed by atoms with van der Waals surface area (Å²) < 4.78 is 5.26. The molecule has 2 rings (SSSR count). The summed E-state index contributed by atoms with van der Waals surface area (Å²) in [5.41, 5.74) is 6.39. The molecule has 3 atom stereocenters. The second kappa shape index (κ2) is 3.84. The fraction of sp³-hybridized carbons (Fsp3) is 0.833. The van der Waals surface area contributed by atoms with Crippen LogP contribution in [0.25, 0.3) is 0 Å². The van der Waals surface area contributed by atoms with Crippen LogP contribution in [0.2, 0.25) is 0 Å². The van der Waals surface area contributed by atoms with Crippen LogP contribution in [0.15, 0.2) is 4.52 Å². The molecule has 3 unspecified atom stereocenters. The molecule has 1 heterocycles. The van der Waals surface area contributed by atoms with Crippen LogP contribution in [-0.2, 0) is 0 Å². The van der Waals surface area contributed by atoms with Gasteiger partial charge in [0.2, 0.25) is 5.89 Å². The van der Waals surface area contributed by atoms with Crippen molar-refractivity contribution in [2.45, 2.75) is 52.5 Å². The van der Waals surface area contributed by atoms with E-state index in [4.69, 9.17) is 10.3 Å². The lowest BCUT2D eigenvalue weighted by Crippen LogP contribution is -2.18. The highest BCUT2D eigenvalue weighted by Crippen LogP contribution is 2.57. The van der Waals surface area contributed by atoms with E-state index in [0.29, 0.717) is 23.1 Å². The molecule has 1 aromatic rings. The molecule has 0 saturated heterocycles. The third-order valence-electron chi connectivity index (χ3n) is 3.82. The SMILES string of the molecule is CCC(C)C(N)c1nc(C2CC2(C)C)no1. The van der Waals surface area contributed by atoms with E-state index in [1.807, 2.05) is 0 Å². The second-order valence-electron chi connectivity index (χ2n) is 5.65. The van der Waals surface area contributed by atoms with Gasteiger partial charge in [-0.3, -0.25) is 0 Å². The number of nitrogens with zero attached hydrogens (tertiary/aromatic N) is 2. The van der Waals surface area contributed by atoms with E-state index in [2.05, 4.69) is 37.8 Å². The molecule has 90 valence electrons. The Hall–Kier alpha value is -0.900. The lowest BCUT2D eigenvalue weighted by Gasteiger charge is -2.12. The maximum absolute atomic E-state index is 6.05. The Labute approximate surface area is 96.6 Å². The zero-order valence-corrected chi connectivity index (χ0v) is 10.5. The van der Waals surface area contributed by atoms with Gasteiger partial charge < -0.3 is 10.3 Å². The van der Waals surface area contributed by atoms with Crippen molar-refractivity contribution in [3.63, 3.8) is 0 Å². The maximum atomic E-state index is 6.05. The minimum atomic E-state index is -0.131. The summed E-state index contributed by atoms with van der Waals surface area (Å²) in [4.78, 5) is 4.43. The van der Waals surface area contributed by atoms with Crippen molar-refractivity contribution in [2.24, 2.45) is 17.1 Å². The molecule has 0 radical (unpaired) electrons. The van der Waals surface area contributed by atoms with Crippen molar-refractivity contribution in [3.05, 3.63) is 11.7 Å². The summed E-state index contributed by atoms with van der Waals surface area (Å²) in [5, 5.41) is 4.05. The zero-order chi connectivity index (χ0) is 11.9. The number of hydrogen-bond donors (Lipinski definition) is 1. The van der Waals surface area contributed by atoms with Gasteiger partial charge >= 0.3 is 0 Å². The van der Waals surface area contributed by atoms with Gasteiger partial charge in [0.25, 0.3) is 0 Å². The summed E-state index contributed by atoms with van der Waals surface area (Å²) in [6, 6.07) is -0.131. The molecule has 1 fully saturated rings. The van der Waals surface area contributed by atoms with Crippen LogP contribution in [0.1, 0.15) is 64.2 Å². The summed E-state index contributed by atoms with van der Waals surface area (Å²) in [6.45, 7) is 8.67. The second-order valence-corrected chi connectivity index (χ2v) is 5.65. The first kappa shape index (κ1) is 11.6. The topological polar surface area (TPSA) is 64.9 Å². The van der Waals surface area contributed by atoms with Gasteiger partial charge in [0.15, 0.2) is 5.82 Å². The van der Waals surface area contributed by atoms with Crippen molar-refractivity contribution < 1.29 is 4.52 Å². The van der Waals surface area contributed by atoms with E-state index in [1.165, 1.54) is 0 Å². The van der Waals surface area contributed by atoms with E-state index in [9.17, 15) is 0 Å². The molecule has 2 N–H and O–H groups in total. The molecule has 4 nitrogen and oxygen atoms in total. The first-order valence-electron chi connectivity index (χ1n) is 6.04. The van der Waals surface area contributed by atoms with E-state index in [0.717, 1.165) is 18.7 Å². The van der Waals surface area contributed by atoms with Gasteiger partial charge in [0.05, 0.1) is 6.04 Å². The number of hydrogen-bond acceptors (Lipinski definition) is 4. The monoisotopic (exact) mass is 223 g/mol. The molecule has 1 aromatic heterocycles. The Morgan fingerprint density at radius 3 is 2.69 bits per heavy atom. The van der Waals surface area contributed by atoms with Gasteiger partial charge in [0.1, 0.15) is 0 Å². The van der Waals surface area contributed by atoms with E-state index in [-0.39, 0.29) is 6.04 Å². The molecule has 1 aliphatic rings. The fourth-order valence-corrected chi connectivity index (χ4v) is 1.93. The van der Waals surface area contributed by atoms with Crippen LogP contribution in [0.3, 0.4) is 0 Å². The van der Waals surface area contributed by atoms with Crippen molar-refractivity contribution in [1.29, 1.82) is 0 Å². The number of nitrogens with two attached hydrogens (primary N) is 1. The Balaban J connectivity index is 2.08. The minimum absolute atomic E-state index is 0.131. The predicted octanol–water partition coefficient (Wildman–Crippen LogP) is 2.63. The molecule has 16 heavy (non-hydrogen) atoms. The molecule has 0 spiro atoms. The standard InChI is InChI=1S/C12H21N3O/c1-5-7(2)9(13)11-14-10(15-16-11)8-6-12(8,3)4/h7-9H,5-6,13H2,1-4H3. The Kier molecular flexibility index (Phi) is 2.78. The normalized spacial score (nSPS) is 26.4. The van der Waals surface area contributed by atoms with Gasteiger partial charge in [-0.15, -0.1) is 0 Å². The van der Waals surface area contributed by atoms with Gasteiger partial charge in [-0.05, 0) is 17.8 Å². The molecule has 0 bridgehead atoms. The Morgan fingerprint density at radius 2 is 2.19 bits per heavy atom. The number of rotatable bonds is 4. The lowest BCUT2D eigenvalue weighted by molar-refractivity contribution is 0.310. The summed E-state index contributed by atoms with van der Waals surface area (Å²) in [5.74, 6) is 2.25. The largest absolute Gasteiger partial charge is 0.338 e. The Bertz CT molecular complexity index is 372. The van der Waals surface area contributed by atoms with Crippen LogP contribution in [0.5, 0.6) is 0 Å². The van der Waals surface area contributed by atoms with Crippen LogP contribution in [0.4, 0.5) is 0 Å². The maximum Gasteiger partial charge on any atom is 0.243 e. The summed E-state index contributed by atoms with van der Waals surface area (Å²) >= 11 is 0. The quantitative estimate of drug-likeness (QED) is 0.852. The minimum Gasteiger partial charge on any atom is -0.338 e. The molecular weight excluding hydrogens is 202 g/mol. The molecule has 1 saturated carbocycles. The average molecular weight is 223 g/mol. The fourth-order valence-electron chi connectivity index (χ4n) is 1.93. The Morgan fingerprint density at radius 1 is 1.56 bits per heavy atom. The third-order valence-corrected chi connectivity index (χ3v) is 3.82. The van der Waals surface area contributed by atoms with Gasteiger partial charge in [-0.2, -0.15) is 4.98 Å². The highest BCUT2D eigenvalue weighted by Gasteiger charge is 2.49. The predicted molar refractivity (Wildman–Crippen MR) is 61.8 cm³/mol.